The summed E-state index contributed by atoms with van der Waals surface area (Å²) in [5.41, 5.74) is 5.11. The summed E-state index contributed by atoms with van der Waals surface area (Å²) in [6, 6.07) is 12.0. The fraction of sp³-hybridized carbons (Fsp3) is 0.240. The molecule has 0 bridgehead atoms. The van der Waals surface area contributed by atoms with Crippen molar-refractivity contribution >= 4 is 35.0 Å². The van der Waals surface area contributed by atoms with E-state index in [-0.39, 0.29) is 18.6 Å². The van der Waals surface area contributed by atoms with Gasteiger partial charge in [0.2, 0.25) is 5.95 Å². The topological polar surface area (TPSA) is 174 Å². The van der Waals surface area contributed by atoms with Crippen molar-refractivity contribution in [1.29, 1.82) is 0 Å². The predicted molar refractivity (Wildman–Crippen MR) is 141 cm³/mol. The Balaban J connectivity index is 2.04. The number of rotatable bonds is 10. The van der Waals surface area contributed by atoms with E-state index in [2.05, 4.69) is 15.1 Å². The van der Waals surface area contributed by atoms with Crippen LogP contribution in [0.5, 0.6) is 5.75 Å². The van der Waals surface area contributed by atoms with Crippen molar-refractivity contribution in [3.63, 3.8) is 0 Å². The number of benzene rings is 2. The molecular weight excluding hydrogens is 516 g/mol. The van der Waals surface area contributed by atoms with Crippen LogP contribution < -0.4 is 33.1 Å². The van der Waals surface area contributed by atoms with Crippen molar-refractivity contribution in [1.82, 2.24) is 14.1 Å². The van der Waals surface area contributed by atoms with Crippen molar-refractivity contribution in [2.75, 3.05) is 5.32 Å². The predicted octanol–water partition coefficient (Wildman–Crippen LogP) is 1.77. The van der Waals surface area contributed by atoms with Gasteiger partial charge in [0.15, 0.2) is 5.78 Å². The molecule has 0 saturated carbocycles. The first-order valence-electron chi connectivity index (χ1n) is 11.4. The molecule has 3 rings (SSSR count). The van der Waals surface area contributed by atoms with E-state index in [1.807, 2.05) is 20.8 Å². The first-order chi connectivity index (χ1) is 18.0. The molecule has 0 radical (unpaired) electrons. The third kappa shape index (κ3) is 7.08. The summed E-state index contributed by atoms with van der Waals surface area (Å²) in [4.78, 5) is 57.9. The Labute approximate surface area is 222 Å². The molecule has 0 aliphatic heterocycles. The highest BCUT2D eigenvalue weighted by Crippen LogP contribution is 2.24. The number of nitrogens with one attached hydrogen (secondary N) is 1. The number of nitrogens with zero attached hydrogens (tertiary/aromatic N) is 3. The van der Waals surface area contributed by atoms with Gasteiger partial charge in [-0.05, 0) is 62.2 Å². The van der Waals surface area contributed by atoms with Crippen LogP contribution in [0.4, 0.5) is 11.6 Å². The lowest BCUT2D eigenvalue weighted by Crippen LogP contribution is -2.44. The second kappa shape index (κ2) is 12.2. The van der Waals surface area contributed by atoms with E-state index < -0.39 is 35.4 Å². The van der Waals surface area contributed by atoms with E-state index in [1.54, 1.807) is 42.5 Å². The lowest BCUT2D eigenvalue weighted by molar-refractivity contribution is -0.139. The molecule has 200 valence electrons. The van der Waals surface area contributed by atoms with Crippen molar-refractivity contribution in [2.45, 2.75) is 40.0 Å². The number of hydrogen-bond donors (Lipinski definition) is 3. The maximum atomic E-state index is 13.4. The first-order valence-corrected chi connectivity index (χ1v) is 11.8. The van der Waals surface area contributed by atoms with Gasteiger partial charge >= 0.3 is 17.3 Å². The van der Waals surface area contributed by atoms with Crippen LogP contribution in [0.25, 0.3) is 0 Å². The zero-order valence-electron chi connectivity index (χ0n) is 20.9. The number of nitrogens with two attached hydrogens (primary N) is 2. The molecule has 13 heteroatoms. The Hall–Kier alpha value is -4.42. The molecule has 0 unspecified atom stereocenters. The highest BCUT2D eigenvalue weighted by molar-refractivity contribution is 6.30. The summed E-state index contributed by atoms with van der Waals surface area (Å²) in [6.07, 6.45) is 0.709. The fourth-order valence-electron chi connectivity index (χ4n) is 3.42. The standard InChI is InChI=1S/C25H27ClN6O6/c1-14(2)37-21-9-8-18(10-15(21)3)29-23-30-24(35)32(13-19(33)11-20(27)22(34)38-28)25(36)31(23)12-16-4-6-17(26)7-5-16/h4-11,14H,12-13,27-28H2,1-3H3,(H,29,30,35). The summed E-state index contributed by atoms with van der Waals surface area (Å²) in [6.45, 7) is 4.98. The molecule has 3 aromatic rings. The monoisotopic (exact) mass is 542 g/mol. The van der Waals surface area contributed by atoms with Crippen molar-refractivity contribution in [3.05, 3.63) is 91.4 Å². The number of aromatic nitrogens is 3. The van der Waals surface area contributed by atoms with Crippen molar-refractivity contribution < 1.29 is 19.2 Å². The molecule has 0 amide bonds. The molecule has 0 aliphatic rings. The smallest absolute Gasteiger partial charge is 0.372 e. The molecule has 1 aromatic heterocycles. The molecule has 1 heterocycles. The average Bonchev–Trinajstić information content (AvgIpc) is 2.86. The fourth-order valence-corrected chi connectivity index (χ4v) is 3.55. The van der Waals surface area contributed by atoms with Gasteiger partial charge in [0.1, 0.15) is 11.4 Å². The van der Waals surface area contributed by atoms with Crippen LogP contribution in [-0.4, -0.2) is 32.0 Å². The number of aryl methyl sites for hydroxylation is 1. The van der Waals surface area contributed by atoms with E-state index >= 15 is 0 Å². The number of ether oxygens (including phenoxy) is 1. The number of allylic oxidation sites excluding steroid dienone is 1. The largest absolute Gasteiger partial charge is 0.491 e. The molecule has 0 spiro atoms. The average molecular weight is 543 g/mol. The zero-order chi connectivity index (χ0) is 28.0. The SMILES string of the molecule is Cc1cc(Nc2nc(=O)n(CC(=O)C=C(N)C(=O)ON)c(=O)n2Cc2ccc(Cl)cc2)ccc1OC(C)C. The van der Waals surface area contributed by atoms with Gasteiger partial charge in [0, 0.05) is 16.8 Å². The minimum Gasteiger partial charge on any atom is -0.491 e. The molecule has 0 fully saturated rings. The summed E-state index contributed by atoms with van der Waals surface area (Å²) < 4.78 is 7.59. The molecule has 0 atom stereocenters. The van der Waals surface area contributed by atoms with Gasteiger partial charge in [-0.15, -0.1) is 0 Å². The number of carbonyl (C=O) groups is 2. The van der Waals surface area contributed by atoms with Crippen LogP contribution in [0.15, 0.2) is 63.8 Å². The van der Waals surface area contributed by atoms with Crippen LogP contribution in [0.1, 0.15) is 25.0 Å². The van der Waals surface area contributed by atoms with Gasteiger partial charge in [-0.2, -0.15) is 10.9 Å². The van der Waals surface area contributed by atoms with E-state index in [0.717, 1.165) is 11.6 Å². The molecule has 0 aliphatic carbocycles. The number of hydrogen-bond acceptors (Lipinski definition) is 10. The third-order valence-corrected chi connectivity index (χ3v) is 5.42. The molecule has 5 N–H and O–H groups in total. The number of anilines is 2. The van der Waals surface area contributed by atoms with Crippen LogP contribution in [0, 0.1) is 6.92 Å². The van der Waals surface area contributed by atoms with Gasteiger partial charge in [-0.1, -0.05) is 23.7 Å². The molecule has 0 saturated heterocycles. The third-order valence-electron chi connectivity index (χ3n) is 5.17. The van der Waals surface area contributed by atoms with E-state index in [1.165, 1.54) is 4.57 Å². The van der Waals surface area contributed by atoms with Gasteiger partial charge in [0.25, 0.3) is 0 Å². The van der Waals surface area contributed by atoms with Gasteiger partial charge in [0.05, 0.1) is 19.2 Å². The lowest BCUT2D eigenvalue weighted by atomic mass is 10.2. The van der Waals surface area contributed by atoms with Crippen molar-refractivity contribution in [3.8, 4) is 5.75 Å². The summed E-state index contributed by atoms with van der Waals surface area (Å²) in [7, 11) is 0. The maximum Gasteiger partial charge on any atom is 0.372 e. The van der Waals surface area contributed by atoms with Gasteiger partial charge in [-0.25, -0.2) is 19.0 Å². The van der Waals surface area contributed by atoms with E-state index in [0.29, 0.717) is 26.6 Å². The van der Waals surface area contributed by atoms with Gasteiger partial charge < -0.3 is 20.6 Å². The maximum absolute atomic E-state index is 13.4. The molecule has 12 nitrogen and oxygen atoms in total. The van der Waals surface area contributed by atoms with Crippen LogP contribution >= 0.6 is 11.6 Å². The summed E-state index contributed by atoms with van der Waals surface area (Å²) >= 11 is 5.98. The Morgan fingerprint density at radius 1 is 1.13 bits per heavy atom. The first kappa shape index (κ1) is 28.2. The van der Waals surface area contributed by atoms with E-state index in [9.17, 15) is 19.2 Å². The van der Waals surface area contributed by atoms with Crippen LogP contribution in [0.2, 0.25) is 5.02 Å². The zero-order valence-corrected chi connectivity index (χ0v) is 21.7. The van der Waals surface area contributed by atoms with Gasteiger partial charge in [-0.3, -0.25) is 9.36 Å². The Bertz CT molecular complexity index is 1490. The van der Waals surface area contributed by atoms with Crippen molar-refractivity contribution in [2.24, 2.45) is 11.6 Å². The number of carbonyl (C=O) groups excluding carboxylic acids is 2. The minimum absolute atomic E-state index is 0.00477. The Morgan fingerprint density at radius 3 is 2.42 bits per heavy atom. The van der Waals surface area contributed by atoms with E-state index in [4.69, 9.17) is 28.0 Å². The normalized spacial score (nSPS) is 11.4. The lowest BCUT2D eigenvalue weighted by Gasteiger charge is -2.17. The quantitative estimate of drug-likeness (QED) is 0.253. The highest BCUT2D eigenvalue weighted by atomic mass is 35.5. The summed E-state index contributed by atoms with van der Waals surface area (Å²) in [5.74, 6) is 3.44. The number of ketones is 1. The Morgan fingerprint density at radius 2 is 1.82 bits per heavy atom. The molecule has 38 heavy (non-hydrogen) atoms. The minimum atomic E-state index is -1.14. The summed E-state index contributed by atoms with van der Waals surface area (Å²) in [5, 5.41) is 3.51. The van der Waals surface area contributed by atoms with Crippen LogP contribution in [-0.2, 0) is 27.5 Å². The van der Waals surface area contributed by atoms with Crippen LogP contribution in [0.3, 0.4) is 0 Å². The second-order valence-electron chi connectivity index (χ2n) is 8.54. The second-order valence-corrected chi connectivity index (χ2v) is 8.98. The highest BCUT2D eigenvalue weighted by Gasteiger charge is 2.17. The molecular formula is C25H27ClN6O6. The molecule has 2 aromatic carbocycles. The Kier molecular flexibility index (Phi) is 9.05. The number of halogens is 1.